The van der Waals surface area contributed by atoms with Crippen molar-refractivity contribution in [1.29, 1.82) is 0 Å². The minimum atomic E-state index is -0.373. The first-order valence-electron chi connectivity index (χ1n) is 8.02. The molecule has 1 saturated heterocycles. The summed E-state index contributed by atoms with van der Waals surface area (Å²) in [6.07, 6.45) is 1.45. The summed E-state index contributed by atoms with van der Waals surface area (Å²) in [6.45, 7) is 7.00. The number of carbonyl (C=O) groups is 1. The van der Waals surface area contributed by atoms with Gasteiger partial charge in [-0.1, -0.05) is 6.92 Å². The van der Waals surface area contributed by atoms with Crippen LogP contribution in [0.5, 0.6) is 0 Å². The molecular weight excluding hydrogens is 309 g/mol. The van der Waals surface area contributed by atoms with Crippen molar-refractivity contribution in [2.24, 2.45) is 0 Å². The van der Waals surface area contributed by atoms with Gasteiger partial charge in [0.15, 0.2) is 0 Å². The highest BCUT2D eigenvalue weighted by Gasteiger charge is 2.17. The van der Waals surface area contributed by atoms with E-state index in [1.807, 2.05) is 0 Å². The van der Waals surface area contributed by atoms with E-state index in [4.69, 9.17) is 0 Å². The van der Waals surface area contributed by atoms with Crippen LogP contribution in [0.1, 0.15) is 17.3 Å². The van der Waals surface area contributed by atoms with Gasteiger partial charge in [-0.25, -0.2) is 14.4 Å². The Labute approximate surface area is 140 Å². The summed E-state index contributed by atoms with van der Waals surface area (Å²) < 4.78 is 12.9. The van der Waals surface area contributed by atoms with Crippen molar-refractivity contribution in [3.05, 3.63) is 48.0 Å². The summed E-state index contributed by atoms with van der Waals surface area (Å²) in [5.41, 5.74) is 0.383. The van der Waals surface area contributed by atoms with Crippen LogP contribution in [-0.4, -0.2) is 53.5 Å². The van der Waals surface area contributed by atoms with E-state index >= 15 is 0 Å². The number of nitrogens with one attached hydrogen (secondary N) is 1. The van der Waals surface area contributed by atoms with Gasteiger partial charge in [0.1, 0.15) is 23.8 Å². The van der Waals surface area contributed by atoms with E-state index in [-0.39, 0.29) is 11.7 Å². The Balaban J connectivity index is 1.67. The number of likely N-dealkylation sites (N-methyl/N-ethyl adjacent to an activating group) is 1. The first-order valence-corrected chi connectivity index (χ1v) is 8.02. The van der Waals surface area contributed by atoms with Gasteiger partial charge in [0, 0.05) is 37.8 Å². The van der Waals surface area contributed by atoms with E-state index in [1.54, 1.807) is 6.07 Å². The van der Waals surface area contributed by atoms with Crippen LogP contribution in [0, 0.1) is 5.82 Å². The fraction of sp³-hybridized carbons (Fsp3) is 0.353. The van der Waals surface area contributed by atoms with E-state index in [0.29, 0.717) is 11.4 Å². The van der Waals surface area contributed by atoms with Crippen LogP contribution >= 0.6 is 0 Å². The summed E-state index contributed by atoms with van der Waals surface area (Å²) in [6, 6.07) is 7.16. The third-order valence-electron chi connectivity index (χ3n) is 4.14. The summed E-state index contributed by atoms with van der Waals surface area (Å²) >= 11 is 0. The molecule has 1 aromatic carbocycles. The average Bonchev–Trinajstić information content (AvgIpc) is 2.62. The SMILES string of the molecule is CCN1CCN(c2cc(NC(=O)c3ccc(F)cc3)ncn2)CC1. The Morgan fingerprint density at radius 1 is 1.17 bits per heavy atom. The van der Waals surface area contributed by atoms with Crippen molar-refractivity contribution in [2.75, 3.05) is 42.9 Å². The lowest BCUT2D eigenvalue weighted by Crippen LogP contribution is -2.46. The predicted octanol–water partition coefficient (Wildman–Crippen LogP) is 2.01. The van der Waals surface area contributed by atoms with E-state index in [0.717, 1.165) is 38.5 Å². The Kier molecular flexibility index (Phi) is 5.00. The maximum absolute atomic E-state index is 12.9. The number of benzene rings is 1. The van der Waals surface area contributed by atoms with Crippen LogP contribution in [0.2, 0.25) is 0 Å². The molecule has 0 radical (unpaired) electrons. The van der Waals surface area contributed by atoms with Crippen LogP contribution < -0.4 is 10.2 Å². The van der Waals surface area contributed by atoms with Crippen molar-refractivity contribution < 1.29 is 9.18 Å². The molecule has 1 aromatic heterocycles. The number of aromatic nitrogens is 2. The highest BCUT2D eigenvalue weighted by Crippen LogP contribution is 2.17. The number of anilines is 2. The second-order valence-corrected chi connectivity index (χ2v) is 5.64. The molecule has 7 heteroatoms. The van der Waals surface area contributed by atoms with Gasteiger partial charge in [0.2, 0.25) is 0 Å². The molecule has 1 aliphatic heterocycles. The summed E-state index contributed by atoms with van der Waals surface area (Å²) in [5.74, 6) is 0.542. The molecule has 0 bridgehead atoms. The maximum Gasteiger partial charge on any atom is 0.256 e. The Morgan fingerprint density at radius 3 is 2.54 bits per heavy atom. The lowest BCUT2D eigenvalue weighted by atomic mass is 10.2. The highest BCUT2D eigenvalue weighted by atomic mass is 19.1. The topological polar surface area (TPSA) is 61.4 Å². The Hall–Kier alpha value is -2.54. The van der Waals surface area contributed by atoms with Gasteiger partial charge >= 0.3 is 0 Å². The zero-order chi connectivity index (χ0) is 16.9. The highest BCUT2D eigenvalue weighted by molar-refractivity contribution is 6.03. The van der Waals surface area contributed by atoms with E-state index in [9.17, 15) is 9.18 Å². The summed E-state index contributed by atoms with van der Waals surface area (Å²) in [5, 5.41) is 2.73. The zero-order valence-corrected chi connectivity index (χ0v) is 13.6. The minimum Gasteiger partial charge on any atom is -0.354 e. The molecule has 1 amide bonds. The number of hydrogen-bond acceptors (Lipinski definition) is 5. The van der Waals surface area contributed by atoms with Gasteiger partial charge < -0.3 is 15.1 Å². The lowest BCUT2D eigenvalue weighted by molar-refractivity contribution is 0.102. The van der Waals surface area contributed by atoms with Crippen molar-refractivity contribution in [2.45, 2.75) is 6.92 Å². The smallest absolute Gasteiger partial charge is 0.256 e. The van der Waals surface area contributed by atoms with Crippen LogP contribution in [0.15, 0.2) is 36.7 Å². The third kappa shape index (κ3) is 3.86. The van der Waals surface area contributed by atoms with E-state index < -0.39 is 0 Å². The summed E-state index contributed by atoms with van der Waals surface area (Å²) in [7, 11) is 0. The van der Waals surface area contributed by atoms with E-state index in [1.165, 1.54) is 30.6 Å². The van der Waals surface area contributed by atoms with Gasteiger partial charge in [0.25, 0.3) is 5.91 Å². The van der Waals surface area contributed by atoms with Crippen LogP contribution in [0.25, 0.3) is 0 Å². The van der Waals surface area contributed by atoms with Crippen molar-refractivity contribution >= 4 is 17.5 Å². The van der Waals surface area contributed by atoms with Crippen molar-refractivity contribution in [3.8, 4) is 0 Å². The molecule has 0 saturated carbocycles. The first-order chi connectivity index (χ1) is 11.7. The monoisotopic (exact) mass is 329 g/mol. The molecule has 3 rings (SSSR count). The molecule has 0 aliphatic carbocycles. The number of hydrogen-bond donors (Lipinski definition) is 1. The van der Waals surface area contributed by atoms with Crippen LogP contribution in [0.4, 0.5) is 16.0 Å². The second kappa shape index (κ2) is 7.35. The largest absolute Gasteiger partial charge is 0.354 e. The predicted molar refractivity (Wildman–Crippen MR) is 90.7 cm³/mol. The molecule has 0 atom stereocenters. The normalized spacial score (nSPS) is 15.3. The fourth-order valence-corrected chi connectivity index (χ4v) is 2.67. The van der Waals surface area contributed by atoms with Gasteiger partial charge in [-0.3, -0.25) is 4.79 Å². The lowest BCUT2D eigenvalue weighted by Gasteiger charge is -2.34. The number of nitrogens with zero attached hydrogens (tertiary/aromatic N) is 4. The minimum absolute atomic E-state index is 0.324. The number of piperazine rings is 1. The standard InChI is InChI=1S/C17H20FN5O/c1-2-22-7-9-23(10-8-22)16-11-15(19-12-20-16)21-17(24)13-3-5-14(18)6-4-13/h3-6,11-12H,2,7-10H2,1H3,(H,19,20,21,24). The van der Waals surface area contributed by atoms with Crippen LogP contribution in [-0.2, 0) is 0 Å². The Bertz CT molecular complexity index is 698. The van der Waals surface area contributed by atoms with Crippen molar-refractivity contribution in [3.63, 3.8) is 0 Å². The van der Waals surface area contributed by atoms with Crippen LogP contribution in [0.3, 0.4) is 0 Å². The second-order valence-electron chi connectivity index (χ2n) is 5.64. The average molecular weight is 329 g/mol. The maximum atomic E-state index is 12.9. The Morgan fingerprint density at radius 2 is 1.88 bits per heavy atom. The number of halogens is 1. The number of amides is 1. The third-order valence-corrected chi connectivity index (χ3v) is 4.14. The molecule has 0 spiro atoms. The molecule has 24 heavy (non-hydrogen) atoms. The molecule has 0 unspecified atom stereocenters. The van der Waals surface area contributed by atoms with Gasteiger partial charge in [-0.05, 0) is 30.8 Å². The molecular formula is C17H20FN5O. The molecule has 1 fully saturated rings. The fourth-order valence-electron chi connectivity index (χ4n) is 2.67. The van der Waals surface area contributed by atoms with Gasteiger partial charge in [0.05, 0.1) is 0 Å². The first kappa shape index (κ1) is 16.3. The zero-order valence-electron chi connectivity index (χ0n) is 13.6. The molecule has 2 aromatic rings. The molecule has 2 heterocycles. The quantitative estimate of drug-likeness (QED) is 0.930. The van der Waals surface area contributed by atoms with Gasteiger partial charge in [-0.2, -0.15) is 0 Å². The summed E-state index contributed by atoms with van der Waals surface area (Å²) in [4.78, 5) is 25.1. The molecule has 1 N–H and O–H groups in total. The molecule has 6 nitrogen and oxygen atoms in total. The molecule has 126 valence electrons. The van der Waals surface area contributed by atoms with Gasteiger partial charge in [-0.15, -0.1) is 0 Å². The van der Waals surface area contributed by atoms with Crippen molar-refractivity contribution in [1.82, 2.24) is 14.9 Å². The number of rotatable bonds is 4. The van der Waals surface area contributed by atoms with E-state index in [2.05, 4.69) is 32.0 Å². The number of carbonyl (C=O) groups excluding carboxylic acids is 1. The molecule has 1 aliphatic rings.